The first-order chi connectivity index (χ1) is 17.3. The number of nitrogens with zero attached hydrogens (tertiary/aromatic N) is 4. The summed E-state index contributed by atoms with van der Waals surface area (Å²) < 4.78 is 9.90. The van der Waals surface area contributed by atoms with Crippen molar-refractivity contribution < 1.29 is 9.53 Å². The summed E-state index contributed by atoms with van der Waals surface area (Å²) in [5.74, 6) is 0.518. The van der Waals surface area contributed by atoms with Crippen LogP contribution in [0.15, 0.2) is 52.1 Å². The van der Waals surface area contributed by atoms with Gasteiger partial charge in [0.05, 0.1) is 23.8 Å². The Kier molecular flexibility index (Phi) is 6.20. The number of aromatic nitrogens is 3. The standard InChI is InChI=1S/C28H32N4O4/c1-5-19-10-6-7-14-30(19)24(33)17-31-25-22-16-21(36-4)12-13-23(22)29(3)26(25)27(34)32(28(31)35)20-11-8-9-18(2)15-20/h8-9,11-13,15-16,19H,5-7,10,14,17H2,1-4H3/t19-/m0/s1. The lowest BCUT2D eigenvalue weighted by molar-refractivity contribution is -0.135. The van der Waals surface area contributed by atoms with E-state index in [4.69, 9.17) is 4.74 Å². The Morgan fingerprint density at radius 2 is 1.89 bits per heavy atom. The van der Waals surface area contributed by atoms with Gasteiger partial charge in [0, 0.05) is 25.0 Å². The summed E-state index contributed by atoms with van der Waals surface area (Å²) in [6.07, 6.45) is 3.92. The van der Waals surface area contributed by atoms with Crippen LogP contribution in [0.2, 0.25) is 0 Å². The highest BCUT2D eigenvalue weighted by molar-refractivity contribution is 6.06. The lowest BCUT2D eigenvalue weighted by Gasteiger charge is -2.35. The van der Waals surface area contributed by atoms with Gasteiger partial charge in [-0.15, -0.1) is 0 Å². The van der Waals surface area contributed by atoms with Crippen molar-refractivity contribution in [2.75, 3.05) is 13.7 Å². The lowest BCUT2D eigenvalue weighted by Crippen LogP contribution is -2.47. The van der Waals surface area contributed by atoms with E-state index in [1.54, 1.807) is 17.7 Å². The molecule has 3 heterocycles. The van der Waals surface area contributed by atoms with Crippen molar-refractivity contribution in [2.45, 2.75) is 52.1 Å². The van der Waals surface area contributed by atoms with Gasteiger partial charge in [0.25, 0.3) is 5.56 Å². The molecule has 36 heavy (non-hydrogen) atoms. The van der Waals surface area contributed by atoms with E-state index in [-0.39, 0.29) is 18.5 Å². The number of fused-ring (bicyclic) bond motifs is 3. The number of carbonyl (C=O) groups excluding carboxylic acids is 1. The van der Waals surface area contributed by atoms with Gasteiger partial charge in [0.2, 0.25) is 5.91 Å². The molecule has 1 fully saturated rings. The predicted octanol–water partition coefficient (Wildman–Crippen LogP) is 3.75. The van der Waals surface area contributed by atoms with E-state index < -0.39 is 11.2 Å². The van der Waals surface area contributed by atoms with Crippen LogP contribution in [0.5, 0.6) is 5.75 Å². The van der Waals surface area contributed by atoms with Crippen LogP contribution in [-0.2, 0) is 18.4 Å². The quantitative estimate of drug-likeness (QED) is 0.429. The molecule has 0 unspecified atom stereocenters. The van der Waals surface area contributed by atoms with E-state index in [0.29, 0.717) is 34.4 Å². The number of methoxy groups -OCH3 is 1. The molecule has 1 saturated heterocycles. The molecule has 0 spiro atoms. The second-order valence-corrected chi connectivity index (χ2v) is 9.63. The van der Waals surface area contributed by atoms with Gasteiger partial charge in [0.1, 0.15) is 17.8 Å². The third kappa shape index (κ3) is 3.81. The van der Waals surface area contributed by atoms with Crippen molar-refractivity contribution in [3.63, 3.8) is 0 Å². The molecule has 1 aliphatic heterocycles. The number of carbonyl (C=O) groups is 1. The molecule has 2 aromatic carbocycles. The zero-order chi connectivity index (χ0) is 25.6. The smallest absolute Gasteiger partial charge is 0.336 e. The minimum absolute atomic E-state index is 0.0979. The number of hydrogen-bond acceptors (Lipinski definition) is 4. The zero-order valence-corrected chi connectivity index (χ0v) is 21.3. The Morgan fingerprint density at radius 3 is 2.61 bits per heavy atom. The number of amides is 1. The second-order valence-electron chi connectivity index (χ2n) is 9.63. The van der Waals surface area contributed by atoms with Gasteiger partial charge in [-0.3, -0.25) is 14.2 Å². The van der Waals surface area contributed by atoms with Gasteiger partial charge in [-0.25, -0.2) is 9.36 Å². The normalized spacial score (nSPS) is 16.1. The maximum absolute atomic E-state index is 14.0. The Balaban J connectivity index is 1.81. The van der Waals surface area contributed by atoms with E-state index in [1.807, 2.05) is 55.3 Å². The first-order valence-corrected chi connectivity index (χ1v) is 12.5. The van der Waals surface area contributed by atoms with Crippen LogP contribution >= 0.6 is 0 Å². The summed E-state index contributed by atoms with van der Waals surface area (Å²) in [5, 5.41) is 0.705. The summed E-state index contributed by atoms with van der Waals surface area (Å²) in [5.41, 5.74) is 2.11. The van der Waals surface area contributed by atoms with Gasteiger partial charge < -0.3 is 14.2 Å². The number of hydrogen-bond donors (Lipinski definition) is 0. The van der Waals surface area contributed by atoms with Crippen LogP contribution in [-0.4, -0.2) is 44.2 Å². The van der Waals surface area contributed by atoms with Gasteiger partial charge in [-0.2, -0.15) is 0 Å². The largest absolute Gasteiger partial charge is 0.497 e. The highest BCUT2D eigenvalue weighted by Gasteiger charge is 2.28. The van der Waals surface area contributed by atoms with E-state index >= 15 is 0 Å². The zero-order valence-electron chi connectivity index (χ0n) is 21.3. The molecular formula is C28H32N4O4. The molecule has 5 rings (SSSR count). The summed E-state index contributed by atoms with van der Waals surface area (Å²) >= 11 is 0. The maximum Gasteiger partial charge on any atom is 0.336 e. The number of benzene rings is 2. The van der Waals surface area contributed by atoms with Crippen LogP contribution in [0, 0.1) is 6.92 Å². The maximum atomic E-state index is 14.0. The number of rotatable bonds is 5. The van der Waals surface area contributed by atoms with Gasteiger partial charge in [0.15, 0.2) is 0 Å². The molecule has 8 nitrogen and oxygen atoms in total. The highest BCUT2D eigenvalue weighted by Crippen LogP contribution is 2.29. The van der Waals surface area contributed by atoms with Crippen LogP contribution in [0.1, 0.15) is 38.2 Å². The van der Waals surface area contributed by atoms with Crippen molar-refractivity contribution in [2.24, 2.45) is 7.05 Å². The summed E-state index contributed by atoms with van der Waals surface area (Å²) in [7, 11) is 3.39. The summed E-state index contributed by atoms with van der Waals surface area (Å²) in [6, 6.07) is 13.0. The third-order valence-corrected chi connectivity index (χ3v) is 7.45. The molecule has 0 N–H and O–H groups in total. The fourth-order valence-electron chi connectivity index (χ4n) is 5.58. The van der Waals surface area contributed by atoms with Gasteiger partial charge >= 0.3 is 5.69 Å². The molecule has 0 saturated carbocycles. The van der Waals surface area contributed by atoms with E-state index in [0.717, 1.165) is 36.8 Å². The van der Waals surface area contributed by atoms with Crippen LogP contribution < -0.4 is 16.0 Å². The van der Waals surface area contributed by atoms with Crippen molar-refractivity contribution in [3.8, 4) is 11.4 Å². The van der Waals surface area contributed by atoms with Gasteiger partial charge in [-0.05, 0) is 68.5 Å². The topological polar surface area (TPSA) is 78.5 Å². The van der Waals surface area contributed by atoms with E-state index in [9.17, 15) is 14.4 Å². The molecule has 0 aliphatic carbocycles. The molecule has 4 aromatic rings. The summed E-state index contributed by atoms with van der Waals surface area (Å²) in [4.78, 5) is 43.4. The van der Waals surface area contributed by atoms with E-state index in [2.05, 4.69) is 6.92 Å². The minimum atomic E-state index is -0.521. The Bertz CT molecular complexity index is 1590. The van der Waals surface area contributed by atoms with Crippen molar-refractivity contribution in [3.05, 3.63) is 68.9 Å². The van der Waals surface area contributed by atoms with Crippen LogP contribution in [0.4, 0.5) is 0 Å². The monoisotopic (exact) mass is 488 g/mol. The number of ether oxygens (including phenoxy) is 1. The molecular weight excluding hydrogens is 456 g/mol. The van der Waals surface area contributed by atoms with Crippen molar-refractivity contribution in [1.82, 2.24) is 18.6 Å². The number of piperidine rings is 1. The molecule has 8 heteroatoms. The molecule has 0 radical (unpaired) electrons. The Hall–Kier alpha value is -3.81. The average Bonchev–Trinajstić information content (AvgIpc) is 3.18. The molecule has 188 valence electrons. The lowest BCUT2D eigenvalue weighted by atomic mass is 10.00. The highest BCUT2D eigenvalue weighted by atomic mass is 16.5. The Morgan fingerprint density at radius 1 is 1.08 bits per heavy atom. The molecule has 1 aliphatic rings. The molecule has 1 amide bonds. The van der Waals surface area contributed by atoms with Crippen molar-refractivity contribution in [1.29, 1.82) is 0 Å². The molecule has 0 bridgehead atoms. The SMILES string of the molecule is CC[C@H]1CCCCN1C(=O)Cn1c(=O)n(-c2cccc(C)c2)c(=O)c2c1c1cc(OC)ccc1n2C. The van der Waals surface area contributed by atoms with E-state index in [1.165, 1.54) is 9.13 Å². The van der Waals surface area contributed by atoms with Crippen molar-refractivity contribution >= 4 is 27.8 Å². The fraction of sp³-hybridized carbons (Fsp3) is 0.393. The molecule has 2 aromatic heterocycles. The first-order valence-electron chi connectivity index (χ1n) is 12.5. The Labute approximate surface area is 209 Å². The minimum Gasteiger partial charge on any atom is -0.497 e. The number of aryl methyl sites for hydroxylation is 2. The van der Waals surface area contributed by atoms with Crippen LogP contribution in [0.25, 0.3) is 27.6 Å². The first kappa shape index (κ1) is 23.9. The van der Waals surface area contributed by atoms with Crippen LogP contribution in [0.3, 0.4) is 0 Å². The third-order valence-electron chi connectivity index (χ3n) is 7.45. The number of likely N-dealkylation sites (tertiary alicyclic amines) is 1. The average molecular weight is 489 g/mol. The fourth-order valence-corrected chi connectivity index (χ4v) is 5.58. The summed E-state index contributed by atoms with van der Waals surface area (Å²) in [6.45, 7) is 4.57. The predicted molar refractivity (Wildman–Crippen MR) is 141 cm³/mol. The second kappa shape index (κ2) is 9.33. The molecule has 1 atom stereocenters. The van der Waals surface area contributed by atoms with Gasteiger partial charge in [-0.1, -0.05) is 19.1 Å².